The van der Waals surface area contributed by atoms with Crippen LogP contribution in [0, 0.1) is 0 Å². The van der Waals surface area contributed by atoms with Gasteiger partial charge in [-0.15, -0.1) is 11.3 Å². The van der Waals surface area contributed by atoms with Gasteiger partial charge in [0.25, 0.3) is 0 Å². The van der Waals surface area contributed by atoms with Crippen LogP contribution in [0.4, 0.5) is 0 Å². The number of ether oxygens (including phenoxy) is 1. The topological polar surface area (TPSA) is 38.3 Å². The molecule has 2 rings (SSSR count). The molecule has 0 bridgehead atoms. The van der Waals surface area contributed by atoms with Gasteiger partial charge < -0.3 is 10.1 Å². The summed E-state index contributed by atoms with van der Waals surface area (Å²) < 4.78 is 4.68. The van der Waals surface area contributed by atoms with Crippen molar-refractivity contribution in [2.24, 2.45) is 0 Å². The van der Waals surface area contributed by atoms with Crippen molar-refractivity contribution in [3.8, 4) is 0 Å². The summed E-state index contributed by atoms with van der Waals surface area (Å²) in [5.41, 5.74) is 0. The molecular weight excluding hydrogens is 258 g/mol. The minimum atomic E-state index is -0.162. The normalized spacial score (nSPS) is 17.1. The van der Waals surface area contributed by atoms with E-state index in [-0.39, 0.29) is 5.97 Å². The molecule has 1 heterocycles. The van der Waals surface area contributed by atoms with E-state index in [2.05, 4.69) is 16.1 Å². The first-order valence-corrected chi connectivity index (χ1v) is 7.97. The first-order chi connectivity index (χ1) is 9.28. The minimum Gasteiger partial charge on any atom is -0.469 e. The van der Waals surface area contributed by atoms with Crippen molar-refractivity contribution in [1.82, 2.24) is 5.32 Å². The lowest BCUT2D eigenvalue weighted by Gasteiger charge is -2.15. The van der Waals surface area contributed by atoms with Crippen molar-refractivity contribution in [1.29, 1.82) is 0 Å². The second-order valence-corrected chi connectivity index (χ2v) is 6.44. The lowest BCUT2D eigenvalue weighted by molar-refractivity contribution is -0.139. The van der Waals surface area contributed by atoms with E-state index in [4.69, 9.17) is 0 Å². The van der Waals surface area contributed by atoms with Gasteiger partial charge in [-0.1, -0.05) is 25.7 Å². The maximum Gasteiger partial charge on any atom is 0.310 e. The SMILES string of the molecule is COC(=O)Cc1ccc(CNC2CCCCCC2)s1. The molecule has 1 N–H and O–H groups in total. The molecule has 0 atom stereocenters. The number of hydrogen-bond donors (Lipinski definition) is 1. The summed E-state index contributed by atoms with van der Waals surface area (Å²) in [6.45, 7) is 0.927. The van der Waals surface area contributed by atoms with Gasteiger partial charge in [0.15, 0.2) is 0 Å². The number of esters is 1. The van der Waals surface area contributed by atoms with Crippen molar-refractivity contribution in [3.63, 3.8) is 0 Å². The summed E-state index contributed by atoms with van der Waals surface area (Å²) in [6.07, 6.45) is 8.50. The Morgan fingerprint density at radius 1 is 1.26 bits per heavy atom. The summed E-state index contributed by atoms with van der Waals surface area (Å²) >= 11 is 1.71. The van der Waals surface area contributed by atoms with Gasteiger partial charge in [-0.25, -0.2) is 0 Å². The van der Waals surface area contributed by atoms with Crippen LogP contribution in [0.5, 0.6) is 0 Å². The second-order valence-electron chi connectivity index (χ2n) is 5.19. The van der Waals surface area contributed by atoms with E-state index in [9.17, 15) is 4.79 Å². The number of nitrogens with one attached hydrogen (secondary N) is 1. The Morgan fingerprint density at radius 2 is 1.95 bits per heavy atom. The van der Waals surface area contributed by atoms with Gasteiger partial charge in [0, 0.05) is 22.3 Å². The molecule has 19 heavy (non-hydrogen) atoms. The fourth-order valence-electron chi connectivity index (χ4n) is 2.56. The zero-order valence-electron chi connectivity index (χ0n) is 11.6. The average Bonchev–Trinajstić information content (AvgIpc) is 2.70. The molecule has 1 aromatic rings. The van der Waals surface area contributed by atoms with Crippen molar-refractivity contribution >= 4 is 17.3 Å². The van der Waals surface area contributed by atoms with Crippen molar-refractivity contribution < 1.29 is 9.53 Å². The lowest BCUT2D eigenvalue weighted by Crippen LogP contribution is -2.27. The van der Waals surface area contributed by atoms with Crippen LogP contribution >= 0.6 is 11.3 Å². The molecule has 0 aliphatic heterocycles. The van der Waals surface area contributed by atoms with Crippen LogP contribution in [0.2, 0.25) is 0 Å². The van der Waals surface area contributed by atoms with Gasteiger partial charge in [-0.2, -0.15) is 0 Å². The van der Waals surface area contributed by atoms with E-state index in [0.717, 1.165) is 11.4 Å². The Hall–Kier alpha value is -0.870. The monoisotopic (exact) mass is 281 g/mol. The quantitative estimate of drug-likeness (QED) is 0.665. The molecule has 0 spiro atoms. The van der Waals surface area contributed by atoms with Gasteiger partial charge in [0.05, 0.1) is 13.5 Å². The highest BCUT2D eigenvalue weighted by Crippen LogP contribution is 2.20. The van der Waals surface area contributed by atoms with Crippen LogP contribution in [0.25, 0.3) is 0 Å². The number of thiophene rings is 1. The van der Waals surface area contributed by atoms with Crippen molar-refractivity contribution in [2.45, 2.75) is 57.5 Å². The van der Waals surface area contributed by atoms with Crippen LogP contribution in [0.1, 0.15) is 48.3 Å². The third-order valence-electron chi connectivity index (χ3n) is 3.68. The molecule has 3 nitrogen and oxygen atoms in total. The smallest absolute Gasteiger partial charge is 0.310 e. The standard InChI is InChI=1S/C15H23NO2S/c1-18-15(17)10-13-8-9-14(19-13)11-16-12-6-4-2-3-5-7-12/h8-9,12,16H,2-7,10-11H2,1H3. The van der Waals surface area contributed by atoms with Gasteiger partial charge in [-0.3, -0.25) is 4.79 Å². The summed E-state index contributed by atoms with van der Waals surface area (Å²) in [5, 5.41) is 3.65. The average molecular weight is 281 g/mol. The highest BCUT2D eigenvalue weighted by molar-refractivity contribution is 7.12. The number of hydrogen-bond acceptors (Lipinski definition) is 4. The molecule has 1 fully saturated rings. The third-order valence-corrected chi connectivity index (χ3v) is 4.77. The van der Waals surface area contributed by atoms with Crippen LogP contribution in [0.3, 0.4) is 0 Å². The molecule has 1 aliphatic rings. The lowest BCUT2D eigenvalue weighted by atomic mass is 10.1. The summed E-state index contributed by atoms with van der Waals surface area (Å²) in [6, 6.07) is 4.83. The van der Waals surface area contributed by atoms with Gasteiger partial charge in [0.1, 0.15) is 0 Å². The summed E-state index contributed by atoms with van der Waals surface area (Å²) in [7, 11) is 1.43. The summed E-state index contributed by atoms with van der Waals surface area (Å²) in [5.74, 6) is -0.162. The molecule has 0 amide bonds. The Balaban J connectivity index is 1.77. The molecule has 1 saturated carbocycles. The first-order valence-electron chi connectivity index (χ1n) is 7.15. The molecule has 0 saturated heterocycles. The molecule has 1 aliphatic carbocycles. The molecule has 0 radical (unpaired) electrons. The van der Waals surface area contributed by atoms with E-state index in [1.54, 1.807) is 11.3 Å². The summed E-state index contributed by atoms with van der Waals surface area (Å²) in [4.78, 5) is 13.6. The van der Waals surface area contributed by atoms with E-state index in [1.165, 1.54) is 50.5 Å². The van der Waals surface area contributed by atoms with Crippen molar-refractivity contribution in [2.75, 3.05) is 7.11 Å². The van der Waals surface area contributed by atoms with Gasteiger partial charge >= 0.3 is 5.97 Å². The van der Waals surface area contributed by atoms with Gasteiger partial charge in [0.2, 0.25) is 0 Å². The number of methoxy groups -OCH3 is 1. The molecule has 0 aromatic carbocycles. The number of carbonyl (C=O) groups is 1. The zero-order chi connectivity index (χ0) is 13.5. The molecule has 4 heteroatoms. The first kappa shape index (κ1) is 14.5. The molecule has 1 aromatic heterocycles. The molecule has 106 valence electrons. The molecular formula is C15H23NO2S. The number of rotatable bonds is 5. The number of carbonyl (C=O) groups excluding carboxylic acids is 1. The fraction of sp³-hybridized carbons (Fsp3) is 0.667. The highest BCUT2D eigenvalue weighted by Gasteiger charge is 2.12. The van der Waals surface area contributed by atoms with Crippen LogP contribution in [-0.2, 0) is 22.5 Å². The van der Waals surface area contributed by atoms with Crippen LogP contribution in [0.15, 0.2) is 12.1 Å². The van der Waals surface area contributed by atoms with E-state index < -0.39 is 0 Å². The van der Waals surface area contributed by atoms with Crippen molar-refractivity contribution in [3.05, 3.63) is 21.9 Å². The predicted molar refractivity (Wildman–Crippen MR) is 78.4 cm³/mol. The Labute approximate surface area is 119 Å². The highest BCUT2D eigenvalue weighted by atomic mass is 32.1. The maximum atomic E-state index is 11.2. The Morgan fingerprint density at radius 3 is 2.63 bits per heavy atom. The van der Waals surface area contributed by atoms with Crippen LogP contribution in [-0.4, -0.2) is 19.1 Å². The predicted octanol–water partition coefficient (Wildman–Crippen LogP) is 3.28. The van der Waals surface area contributed by atoms with E-state index in [0.29, 0.717) is 12.5 Å². The minimum absolute atomic E-state index is 0.162. The maximum absolute atomic E-state index is 11.2. The Kier molecular flexibility index (Phi) is 5.86. The zero-order valence-corrected chi connectivity index (χ0v) is 12.4. The fourth-order valence-corrected chi connectivity index (χ4v) is 3.51. The van der Waals surface area contributed by atoms with E-state index >= 15 is 0 Å². The molecule has 0 unspecified atom stereocenters. The van der Waals surface area contributed by atoms with Gasteiger partial charge in [-0.05, 0) is 25.0 Å². The second kappa shape index (κ2) is 7.65. The third kappa shape index (κ3) is 4.96. The van der Waals surface area contributed by atoms with E-state index in [1.807, 2.05) is 6.07 Å². The van der Waals surface area contributed by atoms with Crippen LogP contribution < -0.4 is 5.32 Å². The largest absolute Gasteiger partial charge is 0.469 e. The Bertz CT molecular complexity index is 395.